The Hall–Kier alpha value is -1.85. The molecule has 2 atom stereocenters. The topological polar surface area (TPSA) is 47.6 Å². The highest BCUT2D eigenvalue weighted by Gasteiger charge is 2.26. The van der Waals surface area contributed by atoms with Crippen LogP contribution in [-0.4, -0.2) is 24.7 Å². The molecule has 4 rings (SSSR count). The predicted molar refractivity (Wildman–Crippen MR) is 90.0 cm³/mol. The van der Waals surface area contributed by atoms with Gasteiger partial charge in [-0.2, -0.15) is 0 Å². The quantitative estimate of drug-likeness (QED) is 0.936. The molecule has 5 heteroatoms. The summed E-state index contributed by atoms with van der Waals surface area (Å²) in [5.41, 5.74) is 2.16. The molecule has 2 aliphatic rings. The maximum Gasteiger partial charge on any atom is 0.261 e. The standard InChI is InChI=1S/C18H19NO3S/c1-11(14-7-4-8-21-14)19-18(20)16-9-12-10-22-15-6-3-2-5-13(15)17(12)23-16/h2-3,5-6,9,11,14H,4,7-8,10H2,1H3,(H,19,20)/t11-,14-/m1/s1. The van der Waals surface area contributed by atoms with E-state index in [0.717, 1.165) is 46.1 Å². The minimum atomic E-state index is -0.0233. The normalized spacial score (nSPS) is 20.3. The number of rotatable bonds is 3. The second kappa shape index (κ2) is 5.98. The molecule has 4 nitrogen and oxygen atoms in total. The van der Waals surface area contributed by atoms with Gasteiger partial charge >= 0.3 is 0 Å². The van der Waals surface area contributed by atoms with E-state index in [1.54, 1.807) is 0 Å². The summed E-state index contributed by atoms with van der Waals surface area (Å²) in [5, 5.41) is 3.08. The largest absolute Gasteiger partial charge is 0.488 e. The Bertz CT molecular complexity index is 734. The Kier molecular flexibility index (Phi) is 3.83. The van der Waals surface area contributed by atoms with Gasteiger partial charge in [-0.1, -0.05) is 12.1 Å². The highest BCUT2D eigenvalue weighted by atomic mass is 32.1. The van der Waals surface area contributed by atoms with Crippen LogP contribution in [0.2, 0.25) is 0 Å². The fourth-order valence-corrected chi connectivity index (χ4v) is 4.28. The van der Waals surface area contributed by atoms with Crippen molar-refractivity contribution in [2.24, 2.45) is 0 Å². The van der Waals surface area contributed by atoms with Crippen LogP contribution in [0.5, 0.6) is 5.75 Å². The minimum absolute atomic E-state index is 0.0233. The highest BCUT2D eigenvalue weighted by Crippen LogP contribution is 2.42. The number of nitrogens with one attached hydrogen (secondary N) is 1. The van der Waals surface area contributed by atoms with E-state index in [2.05, 4.69) is 5.32 Å². The molecule has 0 radical (unpaired) electrons. The van der Waals surface area contributed by atoms with Crippen molar-refractivity contribution in [2.45, 2.75) is 38.5 Å². The van der Waals surface area contributed by atoms with Gasteiger partial charge in [0.05, 0.1) is 17.0 Å². The molecule has 0 saturated carbocycles. The molecule has 1 amide bonds. The first-order chi connectivity index (χ1) is 11.2. The summed E-state index contributed by atoms with van der Waals surface area (Å²) in [6.45, 7) is 3.34. The summed E-state index contributed by atoms with van der Waals surface area (Å²) < 4.78 is 11.4. The Morgan fingerprint density at radius 2 is 2.26 bits per heavy atom. The third-order valence-electron chi connectivity index (χ3n) is 4.43. The van der Waals surface area contributed by atoms with Crippen LogP contribution in [0.25, 0.3) is 10.4 Å². The average Bonchev–Trinajstić information content (AvgIpc) is 3.24. The van der Waals surface area contributed by atoms with Crippen LogP contribution in [-0.2, 0) is 11.3 Å². The number of para-hydroxylation sites is 1. The lowest BCUT2D eigenvalue weighted by Gasteiger charge is -2.19. The third-order valence-corrected chi connectivity index (χ3v) is 5.64. The average molecular weight is 329 g/mol. The van der Waals surface area contributed by atoms with Gasteiger partial charge in [0.1, 0.15) is 12.4 Å². The monoisotopic (exact) mass is 329 g/mol. The second-order valence-electron chi connectivity index (χ2n) is 6.06. The minimum Gasteiger partial charge on any atom is -0.488 e. The Balaban J connectivity index is 1.55. The van der Waals surface area contributed by atoms with E-state index < -0.39 is 0 Å². The van der Waals surface area contributed by atoms with Crippen molar-refractivity contribution in [3.05, 3.63) is 40.8 Å². The maximum atomic E-state index is 12.5. The number of hydrogen-bond donors (Lipinski definition) is 1. The molecule has 1 aromatic carbocycles. The first-order valence-electron chi connectivity index (χ1n) is 8.00. The zero-order valence-electron chi connectivity index (χ0n) is 13.0. The summed E-state index contributed by atoms with van der Waals surface area (Å²) >= 11 is 1.54. The van der Waals surface area contributed by atoms with Crippen LogP contribution in [0.15, 0.2) is 30.3 Å². The van der Waals surface area contributed by atoms with Crippen molar-refractivity contribution >= 4 is 17.2 Å². The van der Waals surface area contributed by atoms with E-state index in [4.69, 9.17) is 9.47 Å². The Labute approximate surface area is 139 Å². The van der Waals surface area contributed by atoms with Gasteiger partial charge in [-0.05, 0) is 38.0 Å². The number of amides is 1. The molecule has 1 saturated heterocycles. The van der Waals surface area contributed by atoms with Crippen LogP contribution in [0, 0.1) is 0 Å². The first-order valence-corrected chi connectivity index (χ1v) is 8.81. The van der Waals surface area contributed by atoms with E-state index in [9.17, 15) is 4.79 Å². The van der Waals surface area contributed by atoms with E-state index in [-0.39, 0.29) is 18.1 Å². The van der Waals surface area contributed by atoms with E-state index >= 15 is 0 Å². The van der Waals surface area contributed by atoms with Crippen LogP contribution < -0.4 is 10.1 Å². The summed E-state index contributed by atoms with van der Waals surface area (Å²) in [5.74, 6) is 0.867. The van der Waals surface area contributed by atoms with Crippen molar-refractivity contribution in [1.82, 2.24) is 5.32 Å². The lowest BCUT2D eigenvalue weighted by Crippen LogP contribution is -2.40. The molecule has 0 spiro atoms. The summed E-state index contributed by atoms with van der Waals surface area (Å²) in [4.78, 5) is 14.4. The maximum absolute atomic E-state index is 12.5. The van der Waals surface area contributed by atoms with Gasteiger partial charge in [0.25, 0.3) is 5.91 Å². The lowest BCUT2D eigenvalue weighted by molar-refractivity contribution is 0.0714. The third kappa shape index (κ3) is 2.75. The van der Waals surface area contributed by atoms with Gasteiger partial charge in [-0.25, -0.2) is 0 Å². The van der Waals surface area contributed by atoms with Crippen LogP contribution in [0.4, 0.5) is 0 Å². The van der Waals surface area contributed by atoms with Gasteiger partial charge in [-0.15, -0.1) is 11.3 Å². The van der Waals surface area contributed by atoms with Gasteiger partial charge in [-0.3, -0.25) is 4.79 Å². The van der Waals surface area contributed by atoms with Crippen molar-refractivity contribution in [2.75, 3.05) is 6.61 Å². The van der Waals surface area contributed by atoms with E-state index in [0.29, 0.717) is 6.61 Å². The van der Waals surface area contributed by atoms with Crippen LogP contribution in [0.1, 0.15) is 35.0 Å². The number of ether oxygens (including phenoxy) is 2. The molecule has 120 valence electrons. The fraction of sp³-hybridized carbons (Fsp3) is 0.389. The number of benzene rings is 1. The molecule has 23 heavy (non-hydrogen) atoms. The van der Waals surface area contributed by atoms with E-state index in [1.165, 1.54) is 11.3 Å². The summed E-state index contributed by atoms with van der Waals surface area (Å²) in [6, 6.07) is 9.96. The summed E-state index contributed by atoms with van der Waals surface area (Å²) in [6.07, 6.45) is 2.23. The number of carbonyl (C=O) groups is 1. The predicted octanol–water partition coefficient (Wildman–Crippen LogP) is 3.60. The molecular formula is C18H19NO3S. The Morgan fingerprint density at radius 1 is 1.39 bits per heavy atom. The number of hydrogen-bond acceptors (Lipinski definition) is 4. The molecule has 0 bridgehead atoms. The molecule has 0 unspecified atom stereocenters. The van der Waals surface area contributed by atoms with Crippen molar-refractivity contribution in [3.63, 3.8) is 0 Å². The van der Waals surface area contributed by atoms with Crippen molar-refractivity contribution in [1.29, 1.82) is 0 Å². The van der Waals surface area contributed by atoms with Crippen molar-refractivity contribution < 1.29 is 14.3 Å². The molecule has 1 N–H and O–H groups in total. The zero-order valence-corrected chi connectivity index (χ0v) is 13.8. The van der Waals surface area contributed by atoms with Crippen molar-refractivity contribution in [3.8, 4) is 16.2 Å². The number of fused-ring (bicyclic) bond motifs is 3. The first kappa shape index (κ1) is 14.7. The molecular weight excluding hydrogens is 310 g/mol. The number of thiophene rings is 1. The smallest absolute Gasteiger partial charge is 0.261 e. The zero-order chi connectivity index (χ0) is 15.8. The second-order valence-corrected chi connectivity index (χ2v) is 7.12. The van der Waals surface area contributed by atoms with Gasteiger partial charge in [0.15, 0.2) is 0 Å². The van der Waals surface area contributed by atoms with E-state index in [1.807, 2.05) is 37.3 Å². The van der Waals surface area contributed by atoms with Gasteiger partial charge in [0, 0.05) is 22.6 Å². The number of carbonyl (C=O) groups excluding carboxylic acids is 1. The van der Waals surface area contributed by atoms with Crippen LogP contribution in [0.3, 0.4) is 0 Å². The highest BCUT2D eigenvalue weighted by molar-refractivity contribution is 7.17. The molecule has 0 aliphatic carbocycles. The fourth-order valence-electron chi connectivity index (χ4n) is 3.18. The SMILES string of the molecule is C[C@@H](NC(=O)c1cc2c(s1)-c1ccccc1OC2)[C@H]1CCCO1. The van der Waals surface area contributed by atoms with Crippen LogP contribution >= 0.6 is 11.3 Å². The summed E-state index contributed by atoms with van der Waals surface area (Å²) in [7, 11) is 0. The van der Waals surface area contributed by atoms with Gasteiger partial charge in [0.2, 0.25) is 0 Å². The van der Waals surface area contributed by atoms with Gasteiger partial charge < -0.3 is 14.8 Å². The molecule has 3 heterocycles. The molecule has 2 aliphatic heterocycles. The lowest BCUT2D eigenvalue weighted by atomic mass is 10.1. The molecule has 1 fully saturated rings. The Morgan fingerprint density at radius 3 is 3.09 bits per heavy atom. The molecule has 2 aromatic rings. The molecule has 1 aromatic heterocycles.